The highest BCUT2D eigenvalue weighted by Crippen LogP contribution is 2.26. The molecule has 0 radical (unpaired) electrons. The van der Waals surface area contributed by atoms with Gasteiger partial charge in [-0.3, -0.25) is 0 Å². The first-order valence-electron chi connectivity index (χ1n) is 6.34. The Morgan fingerprint density at radius 2 is 1.65 bits per heavy atom. The molecule has 1 N–H and O–H groups in total. The van der Waals surface area contributed by atoms with Crippen LogP contribution in [0, 0.1) is 13.8 Å². The van der Waals surface area contributed by atoms with Crippen LogP contribution in [0.4, 0.5) is 0 Å². The summed E-state index contributed by atoms with van der Waals surface area (Å²) in [5, 5.41) is 13.7. The predicted octanol–water partition coefficient (Wildman–Crippen LogP) is 3.73. The molecule has 0 saturated carbocycles. The molecule has 4 heteroatoms. The highest BCUT2D eigenvalue weighted by Gasteiger charge is 2.11. The number of hydrogen-bond donors (Lipinski definition) is 1. The molecule has 0 saturated heterocycles. The van der Waals surface area contributed by atoms with Crippen LogP contribution in [0.25, 0.3) is 22.8 Å². The van der Waals surface area contributed by atoms with Crippen molar-refractivity contribution in [2.75, 3.05) is 0 Å². The molecule has 1 heterocycles. The summed E-state index contributed by atoms with van der Waals surface area (Å²) < 4.78 is 5.26. The topological polar surface area (TPSA) is 59.2 Å². The lowest BCUT2D eigenvalue weighted by Crippen LogP contribution is -1.82. The molecule has 0 spiro atoms. The number of rotatable bonds is 2. The molecule has 1 aromatic heterocycles. The van der Waals surface area contributed by atoms with Crippen molar-refractivity contribution in [2.24, 2.45) is 0 Å². The highest BCUT2D eigenvalue weighted by molar-refractivity contribution is 5.61. The number of aromatic nitrogens is 2. The Labute approximate surface area is 116 Å². The van der Waals surface area contributed by atoms with E-state index in [1.54, 1.807) is 6.07 Å². The highest BCUT2D eigenvalue weighted by atomic mass is 16.5. The van der Waals surface area contributed by atoms with Gasteiger partial charge in [0.25, 0.3) is 5.89 Å². The monoisotopic (exact) mass is 266 g/mol. The van der Waals surface area contributed by atoms with Crippen molar-refractivity contribution in [1.29, 1.82) is 0 Å². The number of benzene rings is 2. The van der Waals surface area contributed by atoms with E-state index in [4.69, 9.17) is 4.52 Å². The zero-order chi connectivity index (χ0) is 14.1. The van der Waals surface area contributed by atoms with Crippen LogP contribution in [0.3, 0.4) is 0 Å². The van der Waals surface area contributed by atoms with Gasteiger partial charge in [-0.05, 0) is 31.5 Å². The molecule has 0 atom stereocenters. The van der Waals surface area contributed by atoms with Gasteiger partial charge in [-0.2, -0.15) is 4.98 Å². The fraction of sp³-hybridized carbons (Fsp3) is 0.125. The van der Waals surface area contributed by atoms with Crippen molar-refractivity contribution >= 4 is 0 Å². The summed E-state index contributed by atoms with van der Waals surface area (Å²) in [5.74, 6) is 1.16. The lowest BCUT2D eigenvalue weighted by Gasteiger charge is -1.99. The van der Waals surface area contributed by atoms with Gasteiger partial charge in [-0.1, -0.05) is 41.1 Å². The Balaban J connectivity index is 1.97. The molecule has 0 bridgehead atoms. The SMILES string of the molecule is Cc1ccc(-c2noc(-c3ccc(C)c(O)c3)n2)cc1. The molecule has 0 aliphatic heterocycles. The van der Waals surface area contributed by atoms with E-state index < -0.39 is 0 Å². The number of nitrogens with zero attached hydrogens (tertiary/aromatic N) is 2. The molecule has 3 aromatic rings. The van der Waals surface area contributed by atoms with Crippen LogP contribution in [0.5, 0.6) is 5.75 Å². The van der Waals surface area contributed by atoms with Gasteiger partial charge < -0.3 is 9.63 Å². The first-order chi connectivity index (χ1) is 9.63. The molecule has 0 aliphatic carbocycles. The van der Waals surface area contributed by atoms with Crippen LogP contribution < -0.4 is 0 Å². The maximum atomic E-state index is 9.73. The van der Waals surface area contributed by atoms with Gasteiger partial charge in [0.1, 0.15) is 5.75 Å². The first kappa shape index (κ1) is 12.4. The molecule has 2 aromatic carbocycles. The van der Waals surface area contributed by atoms with Crippen molar-refractivity contribution in [2.45, 2.75) is 13.8 Å². The van der Waals surface area contributed by atoms with E-state index >= 15 is 0 Å². The van der Waals surface area contributed by atoms with Crippen molar-refractivity contribution in [1.82, 2.24) is 10.1 Å². The summed E-state index contributed by atoms with van der Waals surface area (Å²) in [6, 6.07) is 13.2. The molecule has 4 nitrogen and oxygen atoms in total. The van der Waals surface area contributed by atoms with Crippen LogP contribution in [0.15, 0.2) is 47.0 Å². The van der Waals surface area contributed by atoms with Gasteiger partial charge in [-0.15, -0.1) is 0 Å². The summed E-state index contributed by atoms with van der Waals surface area (Å²) in [5.41, 5.74) is 3.61. The second-order valence-electron chi connectivity index (χ2n) is 4.79. The molecule has 20 heavy (non-hydrogen) atoms. The van der Waals surface area contributed by atoms with Crippen molar-refractivity contribution in [3.05, 3.63) is 53.6 Å². The standard InChI is InChI=1S/C16H14N2O2/c1-10-3-6-12(7-4-10)15-17-16(20-18-15)13-8-5-11(2)14(19)9-13/h3-9,19H,1-2H3. The molecule has 0 fully saturated rings. The minimum atomic E-state index is 0.220. The average molecular weight is 266 g/mol. The van der Waals surface area contributed by atoms with Gasteiger partial charge in [0.05, 0.1) is 0 Å². The molecule has 0 amide bonds. The Morgan fingerprint density at radius 3 is 2.35 bits per heavy atom. The maximum absolute atomic E-state index is 9.73. The van der Waals surface area contributed by atoms with E-state index in [0.29, 0.717) is 17.3 Å². The third kappa shape index (κ3) is 2.28. The Morgan fingerprint density at radius 1 is 0.950 bits per heavy atom. The third-order valence-electron chi connectivity index (χ3n) is 3.19. The quantitative estimate of drug-likeness (QED) is 0.767. The first-order valence-corrected chi connectivity index (χ1v) is 6.34. The zero-order valence-corrected chi connectivity index (χ0v) is 11.3. The second-order valence-corrected chi connectivity index (χ2v) is 4.79. The van der Waals surface area contributed by atoms with Crippen molar-refractivity contribution in [3.63, 3.8) is 0 Å². The van der Waals surface area contributed by atoms with Crippen molar-refractivity contribution < 1.29 is 9.63 Å². The fourth-order valence-corrected chi connectivity index (χ4v) is 1.90. The number of aromatic hydroxyl groups is 1. The lowest BCUT2D eigenvalue weighted by molar-refractivity contribution is 0.431. The van der Waals surface area contributed by atoms with Gasteiger partial charge >= 0.3 is 0 Å². The summed E-state index contributed by atoms with van der Waals surface area (Å²) in [6.07, 6.45) is 0. The largest absolute Gasteiger partial charge is 0.508 e. The molecule has 0 unspecified atom stereocenters. The second kappa shape index (κ2) is 4.81. The normalized spacial score (nSPS) is 10.7. The molecular formula is C16H14N2O2. The predicted molar refractivity (Wildman–Crippen MR) is 76.3 cm³/mol. The van der Waals surface area contributed by atoms with Crippen LogP contribution in [0.2, 0.25) is 0 Å². The summed E-state index contributed by atoms with van der Waals surface area (Å²) in [6.45, 7) is 3.87. The van der Waals surface area contributed by atoms with Crippen LogP contribution in [0.1, 0.15) is 11.1 Å². The van der Waals surface area contributed by atoms with Gasteiger partial charge in [0, 0.05) is 11.1 Å². The molecule has 3 rings (SSSR count). The van der Waals surface area contributed by atoms with Gasteiger partial charge in [0.15, 0.2) is 0 Å². The minimum Gasteiger partial charge on any atom is -0.508 e. The Hall–Kier alpha value is -2.62. The maximum Gasteiger partial charge on any atom is 0.258 e. The van der Waals surface area contributed by atoms with E-state index in [-0.39, 0.29) is 5.75 Å². The minimum absolute atomic E-state index is 0.220. The smallest absolute Gasteiger partial charge is 0.258 e. The summed E-state index contributed by atoms with van der Waals surface area (Å²) in [4.78, 5) is 4.36. The number of aryl methyl sites for hydroxylation is 2. The van der Waals surface area contributed by atoms with Gasteiger partial charge in [0.2, 0.25) is 5.82 Å². The third-order valence-corrected chi connectivity index (χ3v) is 3.19. The lowest BCUT2D eigenvalue weighted by atomic mass is 10.1. The van der Waals surface area contributed by atoms with Crippen LogP contribution in [-0.4, -0.2) is 15.2 Å². The van der Waals surface area contributed by atoms with Crippen LogP contribution in [-0.2, 0) is 0 Å². The number of hydrogen-bond acceptors (Lipinski definition) is 4. The number of phenols is 1. The summed E-state index contributed by atoms with van der Waals surface area (Å²) in [7, 11) is 0. The average Bonchev–Trinajstić information content (AvgIpc) is 2.92. The van der Waals surface area contributed by atoms with E-state index in [2.05, 4.69) is 10.1 Å². The molecule has 0 aliphatic rings. The summed E-state index contributed by atoms with van der Waals surface area (Å²) >= 11 is 0. The van der Waals surface area contributed by atoms with Gasteiger partial charge in [-0.25, -0.2) is 0 Å². The number of phenolic OH excluding ortho intramolecular Hbond substituents is 1. The van der Waals surface area contributed by atoms with Crippen molar-refractivity contribution in [3.8, 4) is 28.6 Å². The Bertz CT molecular complexity index is 745. The van der Waals surface area contributed by atoms with E-state index in [1.807, 2.05) is 50.2 Å². The zero-order valence-electron chi connectivity index (χ0n) is 11.3. The molecule has 100 valence electrons. The van der Waals surface area contributed by atoms with E-state index in [1.165, 1.54) is 5.56 Å². The molecular weight excluding hydrogens is 252 g/mol. The van der Waals surface area contributed by atoms with Crippen LogP contribution >= 0.6 is 0 Å². The fourth-order valence-electron chi connectivity index (χ4n) is 1.90. The Kier molecular flexibility index (Phi) is 2.99. The van der Waals surface area contributed by atoms with E-state index in [9.17, 15) is 5.11 Å². The van der Waals surface area contributed by atoms with E-state index in [0.717, 1.165) is 11.1 Å².